The van der Waals surface area contributed by atoms with E-state index in [1.54, 1.807) is 0 Å². The zero-order valence-electron chi connectivity index (χ0n) is 10.9. The van der Waals surface area contributed by atoms with Gasteiger partial charge in [-0.1, -0.05) is 0 Å². The molecule has 0 radical (unpaired) electrons. The lowest BCUT2D eigenvalue weighted by atomic mass is 9.99. The zero-order chi connectivity index (χ0) is 14.2. The topological polar surface area (TPSA) is 38.5 Å². The Morgan fingerprint density at radius 3 is 2.58 bits per heavy atom. The van der Waals surface area contributed by atoms with Gasteiger partial charge in [0, 0.05) is 18.2 Å². The minimum absolute atomic E-state index is 0.120. The summed E-state index contributed by atoms with van der Waals surface area (Å²) in [7, 11) is 2.93. The molecule has 1 aromatic carbocycles. The molecule has 3 nitrogen and oxygen atoms in total. The molecule has 0 spiro atoms. The van der Waals surface area contributed by atoms with Crippen LogP contribution in [-0.2, 0) is 0 Å². The lowest BCUT2D eigenvalue weighted by Gasteiger charge is -2.21. The molecular formula is C13H17F3N2O. The lowest BCUT2D eigenvalue weighted by Crippen LogP contribution is -2.21. The van der Waals surface area contributed by atoms with Crippen LogP contribution in [0.5, 0.6) is 5.75 Å². The predicted octanol–water partition coefficient (Wildman–Crippen LogP) is 2.06. The first kappa shape index (κ1) is 14.1. The number of benzene rings is 1. The monoisotopic (exact) mass is 274 g/mol. The molecule has 0 aliphatic carbocycles. The van der Waals surface area contributed by atoms with Gasteiger partial charge in [-0.25, -0.2) is 8.78 Å². The second-order valence-electron chi connectivity index (χ2n) is 4.90. The molecule has 1 aliphatic heterocycles. The van der Waals surface area contributed by atoms with Gasteiger partial charge in [-0.15, -0.1) is 0 Å². The van der Waals surface area contributed by atoms with Crippen molar-refractivity contribution in [3.05, 3.63) is 29.1 Å². The molecule has 19 heavy (non-hydrogen) atoms. The van der Waals surface area contributed by atoms with Crippen molar-refractivity contribution < 1.29 is 17.9 Å². The summed E-state index contributed by atoms with van der Waals surface area (Å²) in [4.78, 5) is 1.90. The van der Waals surface area contributed by atoms with Crippen LogP contribution in [0, 0.1) is 23.4 Å². The molecule has 2 atom stereocenters. The summed E-state index contributed by atoms with van der Waals surface area (Å²) in [6.45, 7) is 1.20. The molecule has 2 rings (SSSR count). The van der Waals surface area contributed by atoms with Crippen LogP contribution in [0.1, 0.15) is 18.0 Å². The fourth-order valence-corrected chi connectivity index (χ4v) is 2.66. The Morgan fingerprint density at radius 1 is 1.37 bits per heavy atom. The SMILES string of the molecule is COc1c(F)c(F)cc(C2CC(CN)CN2C)c1F. The van der Waals surface area contributed by atoms with Crippen molar-refractivity contribution in [3.63, 3.8) is 0 Å². The maximum Gasteiger partial charge on any atom is 0.203 e. The van der Waals surface area contributed by atoms with Crippen molar-refractivity contribution in [1.29, 1.82) is 0 Å². The molecule has 0 bridgehead atoms. The molecule has 1 aromatic rings. The fraction of sp³-hybridized carbons (Fsp3) is 0.538. The smallest absolute Gasteiger partial charge is 0.203 e. The van der Waals surface area contributed by atoms with Gasteiger partial charge in [-0.3, -0.25) is 4.90 Å². The summed E-state index contributed by atoms with van der Waals surface area (Å²) >= 11 is 0. The third-order valence-electron chi connectivity index (χ3n) is 3.68. The highest BCUT2D eigenvalue weighted by Gasteiger charge is 2.34. The van der Waals surface area contributed by atoms with E-state index < -0.39 is 23.2 Å². The van der Waals surface area contributed by atoms with E-state index in [1.165, 1.54) is 0 Å². The molecule has 0 saturated carbocycles. The largest absolute Gasteiger partial charge is 0.491 e. The number of nitrogens with zero attached hydrogens (tertiary/aromatic N) is 1. The quantitative estimate of drug-likeness (QED) is 0.857. The average Bonchev–Trinajstić information content (AvgIpc) is 2.76. The first-order chi connectivity index (χ1) is 8.99. The van der Waals surface area contributed by atoms with Crippen LogP contribution >= 0.6 is 0 Å². The van der Waals surface area contributed by atoms with Gasteiger partial charge in [0.05, 0.1) is 7.11 Å². The summed E-state index contributed by atoms with van der Waals surface area (Å²) in [6.07, 6.45) is 0.623. The highest BCUT2D eigenvalue weighted by atomic mass is 19.2. The van der Waals surface area contributed by atoms with E-state index in [-0.39, 0.29) is 17.5 Å². The van der Waals surface area contributed by atoms with E-state index >= 15 is 0 Å². The summed E-state index contributed by atoms with van der Waals surface area (Å²) in [6, 6.07) is 0.602. The number of rotatable bonds is 3. The Bertz CT molecular complexity index is 481. The van der Waals surface area contributed by atoms with Gasteiger partial charge in [0.1, 0.15) is 0 Å². The van der Waals surface area contributed by atoms with E-state index in [0.717, 1.165) is 13.2 Å². The second-order valence-corrected chi connectivity index (χ2v) is 4.90. The molecule has 1 fully saturated rings. The van der Waals surface area contributed by atoms with Crippen LogP contribution in [0.2, 0.25) is 0 Å². The molecule has 2 N–H and O–H groups in total. The van der Waals surface area contributed by atoms with Crippen LogP contribution < -0.4 is 10.5 Å². The summed E-state index contributed by atoms with van der Waals surface area (Å²) in [5.41, 5.74) is 5.72. The Labute approximate surface area is 110 Å². The van der Waals surface area contributed by atoms with Crippen LogP contribution in [0.3, 0.4) is 0 Å². The molecule has 1 heterocycles. The Balaban J connectivity index is 2.43. The molecule has 106 valence electrons. The summed E-state index contributed by atoms with van der Waals surface area (Å²) in [5.74, 6) is -3.67. The van der Waals surface area contributed by atoms with E-state index in [9.17, 15) is 13.2 Å². The minimum atomic E-state index is -1.29. The highest BCUT2D eigenvalue weighted by Crippen LogP contribution is 2.38. The van der Waals surface area contributed by atoms with E-state index in [4.69, 9.17) is 5.73 Å². The molecule has 0 aromatic heterocycles. The first-order valence-corrected chi connectivity index (χ1v) is 6.11. The zero-order valence-corrected chi connectivity index (χ0v) is 10.9. The number of hydrogen-bond acceptors (Lipinski definition) is 3. The van der Waals surface area contributed by atoms with Gasteiger partial charge < -0.3 is 10.5 Å². The molecule has 1 saturated heterocycles. The summed E-state index contributed by atoms with van der Waals surface area (Å²) < 4.78 is 45.7. The molecule has 0 amide bonds. The molecule has 2 unspecified atom stereocenters. The lowest BCUT2D eigenvalue weighted by molar-refractivity contribution is 0.294. The summed E-state index contributed by atoms with van der Waals surface area (Å²) in [5, 5.41) is 0. The van der Waals surface area contributed by atoms with E-state index in [0.29, 0.717) is 19.5 Å². The predicted molar refractivity (Wildman–Crippen MR) is 65.4 cm³/mol. The van der Waals surface area contributed by atoms with Gasteiger partial charge in [0.15, 0.2) is 17.4 Å². The number of nitrogens with two attached hydrogens (primary N) is 1. The van der Waals surface area contributed by atoms with Crippen molar-refractivity contribution in [2.24, 2.45) is 11.7 Å². The third kappa shape index (κ3) is 2.42. The van der Waals surface area contributed by atoms with Crippen molar-refractivity contribution in [1.82, 2.24) is 4.90 Å². The molecule has 1 aliphatic rings. The van der Waals surface area contributed by atoms with Crippen LogP contribution in [0.4, 0.5) is 13.2 Å². The number of ether oxygens (including phenoxy) is 1. The Hall–Kier alpha value is -1.27. The van der Waals surface area contributed by atoms with Crippen molar-refractivity contribution >= 4 is 0 Å². The van der Waals surface area contributed by atoms with Gasteiger partial charge in [-0.05, 0) is 32.0 Å². The third-order valence-corrected chi connectivity index (χ3v) is 3.68. The first-order valence-electron chi connectivity index (χ1n) is 6.11. The van der Waals surface area contributed by atoms with Gasteiger partial charge >= 0.3 is 0 Å². The van der Waals surface area contributed by atoms with Crippen molar-refractivity contribution in [2.75, 3.05) is 27.2 Å². The van der Waals surface area contributed by atoms with Crippen molar-refractivity contribution in [3.8, 4) is 5.75 Å². The van der Waals surface area contributed by atoms with E-state index in [2.05, 4.69) is 4.74 Å². The maximum atomic E-state index is 14.2. The van der Waals surface area contributed by atoms with Gasteiger partial charge in [0.2, 0.25) is 5.82 Å². The average molecular weight is 274 g/mol. The highest BCUT2D eigenvalue weighted by molar-refractivity contribution is 5.36. The van der Waals surface area contributed by atoms with Crippen molar-refractivity contribution in [2.45, 2.75) is 12.5 Å². The second kappa shape index (κ2) is 5.38. The number of hydrogen-bond donors (Lipinski definition) is 1. The Kier molecular flexibility index (Phi) is 4.01. The van der Waals surface area contributed by atoms with Gasteiger partial charge in [-0.2, -0.15) is 4.39 Å². The molecule has 6 heteroatoms. The molecular weight excluding hydrogens is 257 g/mol. The van der Waals surface area contributed by atoms with Gasteiger partial charge in [0.25, 0.3) is 0 Å². The maximum absolute atomic E-state index is 14.2. The van der Waals surface area contributed by atoms with Crippen LogP contribution in [0.25, 0.3) is 0 Å². The fourth-order valence-electron chi connectivity index (χ4n) is 2.66. The number of likely N-dealkylation sites (tertiary alicyclic amines) is 1. The van der Waals surface area contributed by atoms with E-state index in [1.807, 2.05) is 11.9 Å². The Morgan fingerprint density at radius 2 is 2.05 bits per heavy atom. The van der Waals surface area contributed by atoms with Crippen LogP contribution in [-0.4, -0.2) is 32.1 Å². The standard InChI is InChI=1S/C13H17F3N2O/c1-18-6-7(5-17)3-10(18)8-4-9(14)12(16)13(19-2)11(8)15/h4,7,10H,3,5-6,17H2,1-2H3. The minimum Gasteiger partial charge on any atom is -0.491 e. The van der Waals surface area contributed by atoms with Crippen LogP contribution in [0.15, 0.2) is 6.07 Å². The number of halogens is 3. The number of methoxy groups -OCH3 is 1. The normalized spacial score (nSPS) is 23.9.